The highest BCUT2D eigenvalue weighted by Gasteiger charge is 2.31. The van der Waals surface area contributed by atoms with Crippen LogP contribution in [0.2, 0.25) is 0 Å². The standard InChI is InChI=1S/C17H15NO5S/c1-18-15(12-6-4-3-5-7-12)10-13-8-9-14(23-17(19)22-2)11-16(13)24(18,20)21/h3-11H,1-2H3. The first-order valence-corrected chi connectivity index (χ1v) is 8.53. The molecule has 7 heteroatoms. The van der Waals surface area contributed by atoms with Crippen LogP contribution in [0.15, 0.2) is 53.4 Å². The van der Waals surface area contributed by atoms with Gasteiger partial charge < -0.3 is 9.47 Å². The van der Waals surface area contributed by atoms with E-state index in [9.17, 15) is 13.2 Å². The van der Waals surface area contributed by atoms with Gasteiger partial charge in [-0.15, -0.1) is 0 Å². The van der Waals surface area contributed by atoms with Gasteiger partial charge in [-0.1, -0.05) is 30.3 Å². The Labute approximate surface area is 140 Å². The maximum absolute atomic E-state index is 12.8. The third-order valence-corrected chi connectivity index (χ3v) is 5.52. The Hall–Kier alpha value is -2.80. The first-order chi connectivity index (χ1) is 11.4. The molecule has 24 heavy (non-hydrogen) atoms. The van der Waals surface area contributed by atoms with E-state index in [1.165, 1.54) is 30.6 Å². The Morgan fingerprint density at radius 1 is 1.08 bits per heavy atom. The zero-order valence-corrected chi connectivity index (χ0v) is 13.9. The third-order valence-electron chi connectivity index (χ3n) is 3.69. The molecule has 0 amide bonds. The summed E-state index contributed by atoms with van der Waals surface area (Å²) in [4.78, 5) is 11.3. The van der Waals surface area contributed by atoms with E-state index in [4.69, 9.17) is 4.74 Å². The van der Waals surface area contributed by atoms with Crippen molar-refractivity contribution in [2.45, 2.75) is 4.90 Å². The lowest BCUT2D eigenvalue weighted by Crippen LogP contribution is -2.29. The van der Waals surface area contributed by atoms with Gasteiger partial charge in [0.05, 0.1) is 17.7 Å². The summed E-state index contributed by atoms with van der Waals surface area (Å²) >= 11 is 0. The van der Waals surface area contributed by atoms with Crippen molar-refractivity contribution in [3.8, 4) is 5.75 Å². The van der Waals surface area contributed by atoms with Gasteiger partial charge in [0.25, 0.3) is 10.0 Å². The van der Waals surface area contributed by atoms with Gasteiger partial charge in [-0.2, -0.15) is 0 Å². The van der Waals surface area contributed by atoms with Gasteiger partial charge in [0.2, 0.25) is 0 Å². The quantitative estimate of drug-likeness (QED) is 0.618. The van der Waals surface area contributed by atoms with Crippen LogP contribution in [0.4, 0.5) is 4.79 Å². The Morgan fingerprint density at radius 2 is 1.79 bits per heavy atom. The highest BCUT2D eigenvalue weighted by Crippen LogP contribution is 2.36. The van der Waals surface area contributed by atoms with Crippen LogP contribution < -0.4 is 4.74 Å². The molecule has 2 aromatic carbocycles. The molecule has 0 saturated carbocycles. The molecule has 0 aliphatic carbocycles. The average molecular weight is 345 g/mol. The van der Waals surface area contributed by atoms with Crippen LogP contribution >= 0.6 is 0 Å². The number of hydrogen-bond acceptors (Lipinski definition) is 5. The summed E-state index contributed by atoms with van der Waals surface area (Å²) in [5, 5.41) is 0. The molecule has 1 heterocycles. The van der Waals surface area contributed by atoms with Gasteiger partial charge in [0.1, 0.15) is 5.75 Å². The summed E-state index contributed by atoms with van der Waals surface area (Å²) in [6.45, 7) is 0. The number of fused-ring (bicyclic) bond motifs is 1. The van der Waals surface area contributed by atoms with Crippen molar-refractivity contribution < 1.29 is 22.7 Å². The summed E-state index contributed by atoms with van der Waals surface area (Å²) in [6.07, 6.45) is 0.880. The van der Waals surface area contributed by atoms with Crippen molar-refractivity contribution in [1.29, 1.82) is 0 Å². The number of nitrogens with zero attached hydrogens (tertiary/aromatic N) is 1. The van der Waals surface area contributed by atoms with Crippen molar-refractivity contribution in [3.05, 3.63) is 59.7 Å². The molecule has 0 saturated heterocycles. The Kier molecular flexibility index (Phi) is 4.02. The van der Waals surface area contributed by atoms with Crippen LogP contribution in [0.3, 0.4) is 0 Å². The molecule has 0 atom stereocenters. The third kappa shape index (κ3) is 2.74. The van der Waals surface area contributed by atoms with Crippen LogP contribution in [0, 0.1) is 0 Å². The molecule has 0 aromatic heterocycles. The average Bonchev–Trinajstić information content (AvgIpc) is 2.59. The number of ether oxygens (including phenoxy) is 2. The Morgan fingerprint density at radius 3 is 2.46 bits per heavy atom. The van der Waals surface area contributed by atoms with Gasteiger partial charge in [-0.05, 0) is 29.3 Å². The fourth-order valence-corrected chi connectivity index (χ4v) is 3.85. The fraction of sp³-hybridized carbons (Fsp3) is 0.118. The number of methoxy groups -OCH3 is 1. The molecule has 0 N–H and O–H groups in total. The lowest BCUT2D eigenvalue weighted by atomic mass is 10.1. The largest absolute Gasteiger partial charge is 0.513 e. The van der Waals surface area contributed by atoms with Gasteiger partial charge in [-0.3, -0.25) is 4.31 Å². The van der Waals surface area contributed by atoms with E-state index in [0.29, 0.717) is 11.3 Å². The van der Waals surface area contributed by atoms with E-state index in [0.717, 1.165) is 5.56 Å². The Bertz CT molecular complexity index is 919. The maximum atomic E-state index is 12.8. The topological polar surface area (TPSA) is 72.9 Å². The second-order valence-corrected chi connectivity index (χ2v) is 7.06. The number of carbonyl (C=O) groups excluding carboxylic acids is 1. The zero-order valence-electron chi connectivity index (χ0n) is 13.1. The molecular formula is C17H15NO5S. The predicted octanol–water partition coefficient (Wildman–Crippen LogP) is 2.96. The van der Waals surface area contributed by atoms with Crippen molar-refractivity contribution in [3.63, 3.8) is 0 Å². The van der Waals surface area contributed by atoms with Crippen molar-refractivity contribution in [2.75, 3.05) is 14.2 Å². The lowest BCUT2D eigenvalue weighted by Gasteiger charge is -2.28. The first kappa shape index (κ1) is 16.1. The molecule has 6 nitrogen and oxygen atoms in total. The predicted molar refractivity (Wildman–Crippen MR) is 88.7 cm³/mol. The number of rotatable bonds is 2. The smallest absolute Gasteiger partial charge is 0.437 e. The number of sulfonamides is 1. The van der Waals surface area contributed by atoms with Gasteiger partial charge in [0, 0.05) is 13.1 Å². The fourth-order valence-electron chi connectivity index (χ4n) is 2.45. The minimum Gasteiger partial charge on any atom is -0.437 e. The van der Waals surface area contributed by atoms with Crippen LogP contribution in [0.1, 0.15) is 11.1 Å². The van der Waals surface area contributed by atoms with E-state index < -0.39 is 16.2 Å². The van der Waals surface area contributed by atoms with Crippen LogP contribution in [-0.4, -0.2) is 33.0 Å². The van der Waals surface area contributed by atoms with E-state index in [2.05, 4.69) is 4.74 Å². The lowest BCUT2D eigenvalue weighted by molar-refractivity contribution is 0.121. The van der Waals surface area contributed by atoms with E-state index >= 15 is 0 Å². The molecule has 0 spiro atoms. The summed E-state index contributed by atoms with van der Waals surface area (Å²) in [5.74, 6) is 0.106. The number of carbonyl (C=O) groups is 1. The number of benzene rings is 2. The van der Waals surface area contributed by atoms with Crippen LogP contribution in [0.5, 0.6) is 5.75 Å². The Balaban J connectivity index is 2.11. The minimum atomic E-state index is -3.75. The normalized spacial score (nSPS) is 15.2. The van der Waals surface area contributed by atoms with E-state index in [-0.39, 0.29) is 10.6 Å². The molecule has 0 fully saturated rings. The maximum Gasteiger partial charge on any atom is 0.513 e. The molecule has 2 aromatic rings. The summed E-state index contributed by atoms with van der Waals surface area (Å²) in [5.41, 5.74) is 1.90. The molecule has 124 valence electrons. The van der Waals surface area contributed by atoms with Gasteiger partial charge in [0.15, 0.2) is 0 Å². The molecule has 1 aliphatic rings. The zero-order chi connectivity index (χ0) is 17.3. The van der Waals surface area contributed by atoms with Gasteiger partial charge in [-0.25, -0.2) is 13.2 Å². The monoisotopic (exact) mass is 345 g/mol. The van der Waals surface area contributed by atoms with E-state index in [1.54, 1.807) is 12.1 Å². The minimum absolute atomic E-state index is 0.0751. The van der Waals surface area contributed by atoms with E-state index in [1.807, 2.05) is 30.3 Å². The van der Waals surface area contributed by atoms with Crippen LogP contribution in [-0.2, 0) is 14.8 Å². The summed E-state index contributed by atoms with van der Waals surface area (Å²) in [7, 11) is -1.08. The second kappa shape index (κ2) is 6.01. The molecule has 1 aliphatic heterocycles. The highest BCUT2D eigenvalue weighted by molar-refractivity contribution is 7.89. The van der Waals surface area contributed by atoms with Crippen molar-refractivity contribution in [1.82, 2.24) is 4.31 Å². The molecular weight excluding hydrogens is 330 g/mol. The molecule has 0 bridgehead atoms. The second-order valence-electron chi connectivity index (χ2n) is 5.12. The summed E-state index contributed by atoms with van der Waals surface area (Å²) in [6, 6.07) is 13.7. The highest BCUT2D eigenvalue weighted by atomic mass is 32.2. The molecule has 3 rings (SSSR count). The van der Waals surface area contributed by atoms with Gasteiger partial charge >= 0.3 is 6.16 Å². The molecule has 0 unspecified atom stereocenters. The first-order valence-electron chi connectivity index (χ1n) is 7.09. The summed E-state index contributed by atoms with van der Waals surface area (Å²) < 4.78 is 36.2. The number of hydrogen-bond donors (Lipinski definition) is 0. The van der Waals surface area contributed by atoms with Crippen molar-refractivity contribution >= 4 is 28.0 Å². The van der Waals surface area contributed by atoms with Crippen LogP contribution in [0.25, 0.3) is 11.8 Å². The SMILES string of the molecule is COC(=O)Oc1ccc2c(c1)S(=O)(=O)N(C)C(c1ccccc1)=C2. The van der Waals surface area contributed by atoms with Crippen molar-refractivity contribution in [2.24, 2.45) is 0 Å². The molecule has 0 radical (unpaired) electrons.